The molecule has 3 aromatic rings. The maximum Gasteiger partial charge on any atom is 0.150 e. The summed E-state index contributed by atoms with van der Waals surface area (Å²) in [6.07, 6.45) is 2.54. The number of carbonyl (C=O) groups is 1. The number of hydroxylamine groups is 1. The normalized spacial score (nSPS) is 12.2. The second kappa shape index (κ2) is 13.3. The van der Waals surface area contributed by atoms with Crippen LogP contribution in [0.2, 0.25) is 0 Å². The molecule has 1 aliphatic rings. The quantitative estimate of drug-likeness (QED) is 0.403. The Kier molecular flexibility index (Phi) is 10.5. The van der Waals surface area contributed by atoms with Gasteiger partial charge in [-0.25, -0.2) is 14.3 Å². The Morgan fingerprint density at radius 3 is 2.44 bits per heavy atom. The van der Waals surface area contributed by atoms with Crippen molar-refractivity contribution in [3.05, 3.63) is 89.0 Å². The lowest BCUT2D eigenvalue weighted by molar-refractivity contribution is 0.112. The Balaban J connectivity index is 0.000000203. The highest BCUT2D eigenvalue weighted by molar-refractivity contribution is 5.75. The largest absolute Gasteiger partial charge is 0.497 e. The van der Waals surface area contributed by atoms with Crippen LogP contribution in [-0.4, -0.2) is 32.2 Å². The smallest absolute Gasteiger partial charge is 0.150 e. The molecular formula is C25H28F2N2O3. The van der Waals surface area contributed by atoms with Crippen molar-refractivity contribution in [2.24, 2.45) is 0 Å². The van der Waals surface area contributed by atoms with E-state index in [1.807, 2.05) is 24.3 Å². The van der Waals surface area contributed by atoms with E-state index in [1.165, 1.54) is 25.2 Å². The lowest BCUT2D eigenvalue weighted by atomic mass is 10.0. The fourth-order valence-electron chi connectivity index (χ4n) is 3.27. The van der Waals surface area contributed by atoms with Gasteiger partial charge in [0.25, 0.3) is 0 Å². The molecule has 0 amide bonds. The summed E-state index contributed by atoms with van der Waals surface area (Å²) in [4.78, 5) is 10.5. The van der Waals surface area contributed by atoms with E-state index in [0.717, 1.165) is 41.8 Å². The van der Waals surface area contributed by atoms with Gasteiger partial charge in [0.15, 0.2) is 0 Å². The van der Waals surface area contributed by atoms with Gasteiger partial charge >= 0.3 is 0 Å². The maximum absolute atomic E-state index is 13.5. The standard InChI is InChI=1S/C13H11FO.C11H12FNO.CH5NO/c1-15-13-4-2-3-11(9-13)10-5-7-12(14)8-6-10;12-11-5-8(7-14)4-9-2-1-3-13-6-10(9)11;1-2-3/h2-9H,1H3;4-5,7,13H,1-3,6H2;2-3H,1H3. The van der Waals surface area contributed by atoms with Gasteiger partial charge in [-0.05, 0) is 72.5 Å². The average Bonchev–Trinajstić information content (AvgIpc) is 3.06. The highest BCUT2D eigenvalue weighted by Crippen LogP contribution is 2.23. The van der Waals surface area contributed by atoms with Crippen molar-refractivity contribution in [2.45, 2.75) is 19.4 Å². The van der Waals surface area contributed by atoms with Crippen molar-refractivity contribution in [1.82, 2.24) is 10.8 Å². The van der Waals surface area contributed by atoms with Gasteiger partial charge in [0.05, 0.1) is 7.11 Å². The lowest BCUT2D eigenvalue weighted by Gasteiger charge is -2.07. The minimum absolute atomic E-state index is 0.221. The first-order valence-corrected chi connectivity index (χ1v) is 10.2. The van der Waals surface area contributed by atoms with Gasteiger partial charge in [0.1, 0.15) is 23.7 Å². The van der Waals surface area contributed by atoms with Gasteiger partial charge in [-0.1, -0.05) is 24.3 Å². The zero-order valence-corrected chi connectivity index (χ0v) is 18.2. The van der Waals surface area contributed by atoms with Gasteiger partial charge in [0.2, 0.25) is 0 Å². The number of aldehydes is 1. The lowest BCUT2D eigenvalue weighted by Crippen LogP contribution is -2.13. The molecule has 7 heteroatoms. The van der Waals surface area contributed by atoms with Gasteiger partial charge in [-0.2, -0.15) is 0 Å². The number of ether oxygens (including phenoxy) is 1. The van der Waals surface area contributed by atoms with E-state index in [4.69, 9.17) is 9.94 Å². The van der Waals surface area contributed by atoms with E-state index in [-0.39, 0.29) is 11.6 Å². The molecule has 32 heavy (non-hydrogen) atoms. The number of hydrogen-bond acceptors (Lipinski definition) is 5. The molecule has 0 fully saturated rings. The molecule has 3 aromatic carbocycles. The van der Waals surface area contributed by atoms with Crippen molar-refractivity contribution >= 4 is 6.29 Å². The molecule has 0 saturated carbocycles. The molecule has 0 atom stereocenters. The number of carbonyl (C=O) groups excluding carboxylic acids is 1. The summed E-state index contributed by atoms with van der Waals surface area (Å²) in [7, 11) is 3.06. The SMILES string of the molecule is CNO.COc1cccc(-c2ccc(F)cc2)c1.O=Cc1cc(F)c2c(c1)CCCNC2. The molecule has 0 radical (unpaired) electrons. The summed E-state index contributed by atoms with van der Waals surface area (Å²) in [6.45, 7) is 1.48. The third-order valence-corrected chi connectivity index (χ3v) is 4.80. The first-order chi connectivity index (χ1) is 15.5. The fourth-order valence-corrected chi connectivity index (χ4v) is 3.27. The Morgan fingerprint density at radius 2 is 1.78 bits per heavy atom. The van der Waals surface area contributed by atoms with Gasteiger partial charge in [-0.15, -0.1) is 0 Å². The molecule has 0 saturated heterocycles. The number of nitrogens with one attached hydrogen (secondary N) is 2. The van der Waals surface area contributed by atoms with Crippen LogP contribution in [0.4, 0.5) is 8.78 Å². The van der Waals surface area contributed by atoms with Gasteiger partial charge in [0, 0.05) is 24.7 Å². The molecule has 4 rings (SSSR count). The molecule has 170 valence electrons. The second-order valence-electron chi connectivity index (χ2n) is 7.00. The molecule has 0 aromatic heterocycles. The monoisotopic (exact) mass is 442 g/mol. The van der Waals surface area contributed by atoms with Crippen molar-refractivity contribution in [2.75, 3.05) is 20.7 Å². The van der Waals surface area contributed by atoms with E-state index in [9.17, 15) is 13.6 Å². The van der Waals surface area contributed by atoms with Crippen LogP contribution >= 0.6 is 0 Å². The fraction of sp³-hybridized carbons (Fsp3) is 0.240. The van der Waals surface area contributed by atoms with Crippen LogP contribution in [0.1, 0.15) is 27.9 Å². The summed E-state index contributed by atoms with van der Waals surface area (Å²) < 4.78 is 31.3. The van der Waals surface area contributed by atoms with E-state index < -0.39 is 0 Å². The number of aryl methyl sites for hydroxylation is 1. The summed E-state index contributed by atoms with van der Waals surface area (Å²) in [5, 5.41) is 10.5. The van der Waals surface area contributed by atoms with Crippen LogP contribution < -0.4 is 15.5 Å². The summed E-state index contributed by atoms with van der Waals surface area (Å²) in [6, 6.07) is 17.2. The van der Waals surface area contributed by atoms with E-state index in [2.05, 4.69) is 5.32 Å². The minimum atomic E-state index is -0.265. The molecule has 1 aliphatic heterocycles. The molecular weight excluding hydrogens is 414 g/mol. The molecule has 0 unspecified atom stereocenters. The molecule has 0 bridgehead atoms. The van der Waals surface area contributed by atoms with Crippen molar-refractivity contribution in [3.8, 4) is 16.9 Å². The van der Waals surface area contributed by atoms with Crippen molar-refractivity contribution < 1.29 is 23.5 Å². The Morgan fingerprint density at radius 1 is 1.06 bits per heavy atom. The number of methoxy groups -OCH3 is 1. The van der Waals surface area contributed by atoms with Crippen LogP contribution in [0.15, 0.2) is 60.7 Å². The predicted octanol–water partition coefficient (Wildman–Crippen LogP) is 4.77. The maximum atomic E-state index is 13.5. The molecule has 1 heterocycles. The number of hydrogen-bond donors (Lipinski definition) is 3. The number of benzene rings is 3. The summed E-state index contributed by atoms with van der Waals surface area (Å²) in [5.41, 5.74) is 5.87. The molecule has 5 nitrogen and oxygen atoms in total. The predicted molar refractivity (Wildman–Crippen MR) is 121 cm³/mol. The number of halogens is 2. The Bertz CT molecular complexity index is 995. The van der Waals surface area contributed by atoms with Crippen LogP contribution in [-0.2, 0) is 13.0 Å². The van der Waals surface area contributed by atoms with E-state index >= 15 is 0 Å². The highest BCUT2D eigenvalue weighted by atomic mass is 19.1. The van der Waals surface area contributed by atoms with Crippen LogP contribution in [0.25, 0.3) is 11.1 Å². The van der Waals surface area contributed by atoms with E-state index in [0.29, 0.717) is 24.0 Å². The Labute approximate surface area is 187 Å². The molecule has 0 spiro atoms. The zero-order valence-electron chi connectivity index (χ0n) is 18.2. The Hall–Kier alpha value is -3.13. The highest BCUT2D eigenvalue weighted by Gasteiger charge is 2.13. The topological polar surface area (TPSA) is 70.6 Å². The van der Waals surface area contributed by atoms with Crippen LogP contribution in [0, 0.1) is 11.6 Å². The first-order valence-electron chi connectivity index (χ1n) is 10.2. The minimum Gasteiger partial charge on any atom is -0.497 e. The van der Waals surface area contributed by atoms with E-state index in [1.54, 1.807) is 30.8 Å². The molecule has 0 aliphatic carbocycles. The van der Waals surface area contributed by atoms with Crippen molar-refractivity contribution in [1.29, 1.82) is 0 Å². The van der Waals surface area contributed by atoms with Crippen LogP contribution in [0.5, 0.6) is 5.75 Å². The summed E-state index contributed by atoms with van der Waals surface area (Å²) >= 11 is 0. The number of fused-ring (bicyclic) bond motifs is 1. The van der Waals surface area contributed by atoms with Crippen LogP contribution in [0.3, 0.4) is 0 Å². The zero-order chi connectivity index (χ0) is 23.3. The van der Waals surface area contributed by atoms with Crippen molar-refractivity contribution in [3.63, 3.8) is 0 Å². The molecule has 3 N–H and O–H groups in total. The second-order valence-corrected chi connectivity index (χ2v) is 7.00. The first kappa shape index (κ1) is 25.1. The number of rotatable bonds is 3. The third-order valence-electron chi connectivity index (χ3n) is 4.80. The van der Waals surface area contributed by atoms with Gasteiger partial charge < -0.3 is 15.3 Å². The summed E-state index contributed by atoms with van der Waals surface area (Å²) in [5.74, 6) is 0.317. The third kappa shape index (κ3) is 7.53. The average molecular weight is 443 g/mol. The van der Waals surface area contributed by atoms with Gasteiger partial charge in [-0.3, -0.25) is 4.79 Å².